The Labute approximate surface area is 162 Å². The van der Waals surface area contributed by atoms with Crippen LogP contribution in [0, 0.1) is 18.7 Å². The third-order valence-corrected chi connectivity index (χ3v) is 5.13. The number of amides is 1. The van der Waals surface area contributed by atoms with Gasteiger partial charge in [0.2, 0.25) is 0 Å². The lowest BCUT2D eigenvalue weighted by atomic mass is 10.0. The highest BCUT2D eigenvalue weighted by molar-refractivity contribution is 5.92. The minimum atomic E-state index is -0.301. The fourth-order valence-electron chi connectivity index (χ4n) is 3.62. The number of aryl methyl sites for hydroxylation is 3. The van der Waals surface area contributed by atoms with Crippen molar-refractivity contribution >= 4 is 5.91 Å². The predicted molar refractivity (Wildman–Crippen MR) is 100.0 cm³/mol. The van der Waals surface area contributed by atoms with Crippen LogP contribution < -0.4 is 0 Å². The number of aromatic nitrogens is 4. The Balaban J connectivity index is 1.32. The van der Waals surface area contributed by atoms with E-state index in [1.165, 1.54) is 12.1 Å². The average Bonchev–Trinajstić information content (AvgIpc) is 3.40. The van der Waals surface area contributed by atoms with Gasteiger partial charge in [-0.05, 0) is 56.0 Å². The highest BCUT2D eigenvalue weighted by Crippen LogP contribution is 2.24. The van der Waals surface area contributed by atoms with E-state index in [0.717, 1.165) is 31.6 Å². The SMILES string of the molecule is Cc1cc(C(=O)N2CCC(CCc3noc(-c4ccc(F)cc4)n3)C2)n(C)n1. The van der Waals surface area contributed by atoms with Crippen molar-refractivity contribution in [2.24, 2.45) is 13.0 Å². The fraction of sp³-hybridized carbons (Fsp3) is 0.400. The highest BCUT2D eigenvalue weighted by atomic mass is 19.1. The minimum absolute atomic E-state index is 0.0313. The molecule has 3 heterocycles. The summed E-state index contributed by atoms with van der Waals surface area (Å²) in [6, 6.07) is 7.80. The van der Waals surface area contributed by atoms with Gasteiger partial charge in [0, 0.05) is 32.1 Å². The Hall–Kier alpha value is -3.03. The summed E-state index contributed by atoms with van der Waals surface area (Å²) in [5, 5.41) is 8.27. The molecule has 4 rings (SSSR count). The van der Waals surface area contributed by atoms with Crippen molar-refractivity contribution in [2.45, 2.75) is 26.2 Å². The Bertz CT molecular complexity index is 979. The van der Waals surface area contributed by atoms with Crippen molar-refractivity contribution in [3.8, 4) is 11.5 Å². The fourth-order valence-corrected chi connectivity index (χ4v) is 3.62. The number of nitrogens with zero attached hydrogens (tertiary/aromatic N) is 5. The first-order valence-electron chi connectivity index (χ1n) is 9.38. The van der Waals surface area contributed by atoms with Crippen molar-refractivity contribution in [3.05, 3.63) is 53.4 Å². The van der Waals surface area contributed by atoms with E-state index in [1.54, 1.807) is 23.9 Å². The van der Waals surface area contributed by atoms with Crippen LogP contribution in [-0.2, 0) is 13.5 Å². The lowest BCUT2D eigenvalue weighted by molar-refractivity contribution is 0.0775. The number of carbonyl (C=O) groups is 1. The number of hydrogen-bond acceptors (Lipinski definition) is 5. The van der Waals surface area contributed by atoms with Crippen molar-refractivity contribution in [2.75, 3.05) is 13.1 Å². The molecule has 1 fully saturated rings. The monoisotopic (exact) mass is 383 g/mol. The summed E-state index contributed by atoms with van der Waals surface area (Å²) in [4.78, 5) is 19.0. The smallest absolute Gasteiger partial charge is 0.272 e. The van der Waals surface area contributed by atoms with Gasteiger partial charge in [0.15, 0.2) is 5.82 Å². The number of hydrogen-bond donors (Lipinski definition) is 0. The predicted octanol–water partition coefficient (Wildman–Crippen LogP) is 3.01. The maximum absolute atomic E-state index is 13.0. The largest absolute Gasteiger partial charge is 0.337 e. The van der Waals surface area contributed by atoms with E-state index < -0.39 is 0 Å². The molecule has 1 aliphatic rings. The van der Waals surface area contributed by atoms with Crippen molar-refractivity contribution < 1.29 is 13.7 Å². The van der Waals surface area contributed by atoms with E-state index in [0.29, 0.717) is 35.3 Å². The molecule has 1 aliphatic heterocycles. The van der Waals surface area contributed by atoms with Crippen LogP contribution in [0.3, 0.4) is 0 Å². The van der Waals surface area contributed by atoms with E-state index in [1.807, 2.05) is 17.9 Å². The molecule has 0 bridgehead atoms. The van der Waals surface area contributed by atoms with Crippen LogP contribution in [-0.4, -0.2) is 43.8 Å². The maximum atomic E-state index is 13.0. The van der Waals surface area contributed by atoms with Crippen molar-refractivity contribution in [3.63, 3.8) is 0 Å². The van der Waals surface area contributed by atoms with Crippen molar-refractivity contribution in [1.82, 2.24) is 24.8 Å². The summed E-state index contributed by atoms with van der Waals surface area (Å²) in [6.07, 6.45) is 2.53. The molecule has 0 N–H and O–H groups in total. The topological polar surface area (TPSA) is 77.0 Å². The zero-order valence-electron chi connectivity index (χ0n) is 15.9. The maximum Gasteiger partial charge on any atom is 0.272 e. The second-order valence-electron chi connectivity index (χ2n) is 7.26. The molecule has 1 unspecified atom stereocenters. The minimum Gasteiger partial charge on any atom is -0.337 e. The summed E-state index contributed by atoms with van der Waals surface area (Å²) in [5.74, 6) is 1.16. The molecule has 0 aliphatic carbocycles. The molecule has 2 aromatic heterocycles. The van der Waals surface area contributed by atoms with Gasteiger partial charge in [-0.2, -0.15) is 10.1 Å². The lowest BCUT2D eigenvalue weighted by Gasteiger charge is -2.16. The molecule has 1 aromatic carbocycles. The number of carbonyl (C=O) groups excluding carboxylic acids is 1. The molecular weight excluding hydrogens is 361 g/mol. The quantitative estimate of drug-likeness (QED) is 0.677. The Morgan fingerprint density at radius 2 is 2.11 bits per heavy atom. The van der Waals surface area contributed by atoms with Gasteiger partial charge in [0.05, 0.1) is 5.69 Å². The Morgan fingerprint density at radius 1 is 1.32 bits per heavy atom. The first-order valence-corrected chi connectivity index (χ1v) is 9.38. The number of benzene rings is 1. The van der Waals surface area contributed by atoms with Gasteiger partial charge in [-0.1, -0.05) is 5.16 Å². The third-order valence-electron chi connectivity index (χ3n) is 5.13. The van der Waals surface area contributed by atoms with E-state index >= 15 is 0 Å². The van der Waals surface area contributed by atoms with Gasteiger partial charge in [0.25, 0.3) is 11.8 Å². The van der Waals surface area contributed by atoms with Gasteiger partial charge < -0.3 is 9.42 Å². The van der Waals surface area contributed by atoms with Gasteiger partial charge in [-0.15, -0.1) is 0 Å². The van der Waals surface area contributed by atoms with Crippen LogP contribution in [0.2, 0.25) is 0 Å². The van der Waals surface area contributed by atoms with E-state index in [9.17, 15) is 9.18 Å². The van der Waals surface area contributed by atoms with Crippen LogP contribution >= 0.6 is 0 Å². The summed E-state index contributed by atoms with van der Waals surface area (Å²) in [5.41, 5.74) is 2.17. The van der Waals surface area contributed by atoms with Crippen molar-refractivity contribution in [1.29, 1.82) is 0 Å². The first-order chi connectivity index (χ1) is 13.5. The molecular formula is C20H22FN5O2. The van der Waals surface area contributed by atoms with E-state index in [4.69, 9.17) is 4.52 Å². The third kappa shape index (κ3) is 3.81. The zero-order valence-corrected chi connectivity index (χ0v) is 15.9. The van der Waals surface area contributed by atoms with Gasteiger partial charge >= 0.3 is 0 Å². The number of halogens is 1. The number of likely N-dealkylation sites (tertiary alicyclic amines) is 1. The second-order valence-corrected chi connectivity index (χ2v) is 7.26. The highest BCUT2D eigenvalue weighted by Gasteiger charge is 2.28. The summed E-state index contributed by atoms with van der Waals surface area (Å²) in [6.45, 7) is 3.36. The van der Waals surface area contributed by atoms with Crippen LogP contribution in [0.4, 0.5) is 4.39 Å². The molecule has 28 heavy (non-hydrogen) atoms. The molecule has 3 aromatic rings. The molecule has 8 heteroatoms. The molecule has 0 saturated carbocycles. The number of rotatable bonds is 5. The molecule has 1 atom stereocenters. The molecule has 146 valence electrons. The van der Waals surface area contributed by atoms with Crippen LogP contribution in [0.15, 0.2) is 34.9 Å². The van der Waals surface area contributed by atoms with Crippen LogP contribution in [0.5, 0.6) is 0 Å². The summed E-state index contributed by atoms with van der Waals surface area (Å²) in [7, 11) is 1.79. The summed E-state index contributed by atoms with van der Waals surface area (Å²) < 4.78 is 19.9. The van der Waals surface area contributed by atoms with E-state index in [-0.39, 0.29) is 11.7 Å². The van der Waals surface area contributed by atoms with E-state index in [2.05, 4.69) is 15.2 Å². The molecule has 0 spiro atoms. The Kier molecular flexibility index (Phi) is 4.93. The second kappa shape index (κ2) is 7.53. The van der Waals surface area contributed by atoms with Gasteiger partial charge in [0.1, 0.15) is 11.5 Å². The molecule has 1 saturated heterocycles. The van der Waals surface area contributed by atoms with Gasteiger partial charge in [-0.25, -0.2) is 4.39 Å². The van der Waals surface area contributed by atoms with Gasteiger partial charge in [-0.3, -0.25) is 9.48 Å². The Morgan fingerprint density at radius 3 is 2.82 bits per heavy atom. The first kappa shape index (κ1) is 18.3. The molecule has 0 radical (unpaired) electrons. The standard InChI is InChI=1S/C20H22FN5O2/c1-13-11-17(25(2)23-13)20(27)26-10-9-14(12-26)3-8-18-22-19(28-24-18)15-4-6-16(21)7-5-15/h4-7,11,14H,3,8-10,12H2,1-2H3. The molecule has 1 amide bonds. The zero-order chi connectivity index (χ0) is 19.7. The normalized spacial score (nSPS) is 16.7. The molecule has 7 nitrogen and oxygen atoms in total. The van der Waals surface area contributed by atoms with Crippen LogP contribution in [0.1, 0.15) is 34.8 Å². The lowest BCUT2D eigenvalue weighted by Crippen LogP contribution is -2.30. The average molecular weight is 383 g/mol. The summed E-state index contributed by atoms with van der Waals surface area (Å²) >= 11 is 0. The van der Waals surface area contributed by atoms with Crippen LogP contribution in [0.25, 0.3) is 11.5 Å².